The zero-order valence-corrected chi connectivity index (χ0v) is 25.4. The summed E-state index contributed by atoms with van der Waals surface area (Å²) in [6.07, 6.45) is 3.43. The molecule has 0 unspecified atom stereocenters. The lowest BCUT2D eigenvalue weighted by Crippen LogP contribution is -2.21. The van der Waals surface area contributed by atoms with Gasteiger partial charge in [0.15, 0.2) is 16.0 Å². The predicted octanol–water partition coefficient (Wildman–Crippen LogP) is 5.36. The molecule has 4 aromatic rings. The van der Waals surface area contributed by atoms with Gasteiger partial charge in [0.25, 0.3) is 0 Å². The smallest absolute Gasteiger partial charge is 0.356 e. The number of hydrogen-bond donors (Lipinski definition) is 1. The first-order chi connectivity index (χ1) is 18.4. The summed E-state index contributed by atoms with van der Waals surface area (Å²) in [4.78, 5) is 32.3. The van der Waals surface area contributed by atoms with E-state index in [1.54, 1.807) is 49.7 Å². The second kappa shape index (κ2) is 15.2. The van der Waals surface area contributed by atoms with Crippen LogP contribution >= 0.6 is 54.5 Å². The molecule has 0 aromatic carbocycles. The monoisotopic (exact) mass is 686 g/mol. The molecule has 0 bridgehead atoms. The lowest BCUT2D eigenvalue weighted by molar-refractivity contribution is 0.0594. The topological polar surface area (TPSA) is 123 Å². The highest BCUT2D eigenvalue weighted by molar-refractivity contribution is 9.10. The fourth-order valence-corrected chi connectivity index (χ4v) is 5.15. The molecule has 0 saturated carbocycles. The molecule has 0 saturated heterocycles. The van der Waals surface area contributed by atoms with E-state index in [4.69, 9.17) is 14.2 Å². The Morgan fingerprint density at radius 3 is 1.84 bits per heavy atom. The van der Waals surface area contributed by atoms with Crippen LogP contribution in [0, 0.1) is 0 Å². The molecule has 0 radical (unpaired) electrons. The molecule has 38 heavy (non-hydrogen) atoms. The first kappa shape index (κ1) is 30.0. The van der Waals surface area contributed by atoms with Crippen molar-refractivity contribution >= 4 is 82.4 Å². The van der Waals surface area contributed by atoms with E-state index in [2.05, 4.69) is 51.8 Å². The third-order valence-corrected chi connectivity index (χ3v) is 7.04. The molecule has 1 N–H and O–H groups in total. The molecule has 0 aliphatic carbocycles. The number of nitrogens with zero attached hydrogens (tertiary/aromatic N) is 6. The first-order valence-corrected chi connectivity index (χ1v) is 14.1. The van der Waals surface area contributed by atoms with Crippen LogP contribution in [0.15, 0.2) is 56.4 Å². The van der Waals surface area contributed by atoms with E-state index in [0.717, 1.165) is 19.2 Å². The summed E-state index contributed by atoms with van der Waals surface area (Å²) in [5.41, 5.74) is 0.812. The minimum atomic E-state index is -0.496. The second-order valence-corrected chi connectivity index (χ2v) is 10.7. The van der Waals surface area contributed by atoms with Gasteiger partial charge in [-0.2, -0.15) is 0 Å². The number of halogens is 2. The maximum atomic E-state index is 11.6. The molecular weight excluding hydrogens is 664 g/mol. The van der Waals surface area contributed by atoms with Crippen LogP contribution in [0.25, 0.3) is 0 Å². The molecule has 11 nitrogen and oxygen atoms in total. The van der Waals surface area contributed by atoms with Crippen LogP contribution in [0.4, 0.5) is 21.9 Å². The number of anilines is 4. The van der Waals surface area contributed by atoms with Crippen molar-refractivity contribution in [1.29, 1.82) is 0 Å². The Hall–Kier alpha value is -2.53. The fraction of sp³-hybridized carbons (Fsp3) is 0.261. The SMILES string of the molecule is COCN(c1cc(Br)cc(C(=O)OC)n1)c1nccs1.COCN(c1cc(Br)cc(CO)n1)c1nccs1. The maximum absolute atomic E-state index is 11.6. The zero-order chi connectivity index (χ0) is 27.5. The summed E-state index contributed by atoms with van der Waals surface area (Å²) in [7, 11) is 4.52. The van der Waals surface area contributed by atoms with Gasteiger partial charge in [0.1, 0.15) is 25.1 Å². The number of methoxy groups -OCH3 is 3. The highest BCUT2D eigenvalue weighted by Gasteiger charge is 2.17. The van der Waals surface area contributed by atoms with E-state index in [-0.39, 0.29) is 19.0 Å². The average Bonchev–Trinajstić information content (AvgIpc) is 3.64. The van der Waals surface area contributed by atoms with E-state index < -0.39 is 5.97 Å². The summed E-state index contributed by atoms with van der Waals surface area (Å²) >= 11 is 9.72. The molecule has 15 heteroatoms. The normalized spacial score (nSPS) is 10.5. The Morgan fingerprint density at radius 2 is 1.39 bits per heavy atom. The standard InChI is InChI=1S/C12H12BrN3O3S.C11H12BrN3O2S/c1-18-7-16(12-14-3-4-20-12)10-6-8(13)5-9(15-10)11(17)19-2;1-17-7-15(11-13-2-3-18-11)10-5-8(12)4-9(6-16)14-10/h3-6H,7H2,1-2H3;2-5,16H,6-7H2,1H3. The van der Waals surface area contributed by atoms with Gasteiger partial charge in [-0.25, -0.2) is 24.7 Å². The van der Waals surface area contributed by atoms with Gasteiger partial charge in [-0.05, 0) is 24.3 Å². The molecule has 0 amide bonds. The van der Waals surface area contributed by atoms with E-state index in [1.165, 1.54) is 29.8 Å². The molecule has 4 aromatic heterocycles. The van der Waals surface area contributed by atoms with Crippen molar-refractivity contribution in [2.45, 2.75) is 6.61 Å². The van der Waals surface area contributed by atoms with Gasteiger partial charge in [-0.1, -0.05) is 31.9 Å². The Balaban J connectivity index is 0.000000212. The summed E-state index contributed by atoms with van der Waals surface area (Å²) < 4.78 is 16.6. The Morgan fingerprint density at radius 1 is 0.868 bits per heavy atom. The molecule has 4 heterocycles. The van der Waals surface area contributed by atoms with E-state index in [9.17, 15) is 9.90 Å². The Labute approximate surface area is 244 Å². The minimum absolute atomic E-state index is 0.106. The number of ether oxygens (including phenoxy) is 3. The van der Waals surface area contributed by atoms with Crippen LogP contribution in [0.5, 0.6) is 0 Å². The summed E-state index contributed by atoms with van der Waals surface area (Å²) in [6, 6.07) is 7.02. The van der Waals surface area contributed by atoms with Gasteiger partial charge in [-0.3, -0.25) is 9.80 Å². The van der Waals surface area contributed by atoms with Crippen molar-refractivity contribution in [3.63, 3.8) is 0 Å². The quantitative estimate of drug-likeness (QED) is 0.171. The van der Waals surface area contributed by atoms with E-state index >= 15 is 0 Å². The number of aromatic nitrogens is 4. The second-order valence-electron chi connectivity index (χ2n) is 7.13. The molecule has 0 atom stereocenters. The first-order valence-electron chi connectivity index (χ1n) is 10.7. The van der Waals surface area contributed by atoms with E-state index in [1.807, 2.05) is 21.7 Å². The maximum Gasteiger partial charge on any atom is 0.356 e. The minimum Gasteiger partial charge on any atom is -0.464 e. The number of carbonyl (C=O) groups excluding carboxylic acids is 1. The van der Waals surface area contributed by atoms with Crippen LogP contribution in [0.3, 0.4) is 0 Å². The van der Waals surface area contributed by atoms with Crippen molar-refractivity contribution < 1.29 is 24.1 Å². The average molecular weight is 688 g/mol. The summed E-state index contributed by atoms with van der Waals surface area (Å²) in [5, 5.41) is 14.5. The van der Waals surface area contributed by atoms with Crippen molar-refractivity contribution in [3.05, 3.63) is 67.8 Å². The van der Waals surface area contributed by atoms with Gasteiger partial charge < -0.3 is 19.3 Å². The van der Waals surface area contributed by atoms with Crippen LogP contribution in [0.2, 0.25) is 0 Å². The number of esters is 1. The molecule has 202 valence electrons. The van der Waals surface area contributed by atoms with E-state index in [0.29, 0.717) is 24.1 Å². The molecule has 0 aliphatic rings. The van der Waals surface area contributed by atoms with Gasteiger partial charge in [0.05, 0.1) is 19.4 Å². The highest BCUT2D eigenvalue weighted by atomic mass is 79.9. The number of rotatable bonds is 10. The fourth-order valence-electron chi connectivity index (χ4n) is 2.98. The summed E-state index contributed by atoms with van der Waals surface area (Å²) in [5.74, 6) is 0.742. The van der Waals surface area contributed by atoms with Gasteiger partial charge in [-0.15, -0.1) is 22.7 Å². The van der Waals surface area contributed by atoms with Crippen molar-refractivity contribution in [3.8, 4) is 0 Å². The Bertz CT molecular complexity index is 1300. The number of aliphatic hydroxyl groups excluding tert-OH is 1. The number of pyridine rings is 2. The predicted molar refractivity (Wildman–Crippen MR) is 153 cm³/mol. The van der Waals surface area contributed by atoms with Gasteiger partial charge >= 0.3 is 5.97 Å². The lowest BCUT2D eigenvalue weighted by atomic mass is 10.3. The van der Waals surface area contributed by atoms with Crippen LogP contribution in [-0.4, -0.2) is 65.8 Å². The third kappa shape index (κ3) is 8.23. The molecule has 0 fully saturated rings. The number of thiazole rings is 2. The summed E-state index contributed by atoms with van der Waals surface area (Å²) in [6.45, 7) is 0.518. The van der Waals surface area contributed by atoms with Crippen molar-refractivity contribution in [2.75, 3.05) is 44.6 Å². The molecule has 0 aliphatic heterocycles. The van der Waals surface area contributed by atoms with Gasteiger partial charge in [0.2, 0.25) is 0 Å². The van der Waals surface area contributed by atoms with Crippen LogP contribution < -0.4 is 9.80 Å². The number of carbonyl (C=O) groups is 1. The van der Waals surface area contributed by atoms with Crippen LogP contribution in [0.1, 0.15) is 16.2 Å². The Kier molecular flexibility index (Phi) is 12.0. The molecule has 4 rings (SSSR count). The number of hydrogen-bond acceptors (Lipinski definition) is 13. The lowest BCUT2D eigenvalue weighted by Gasteiger charge is -2.20. The van der Waals surface area contributed by atoms with Crippen molar-refractivity contribution in [2.24, 2.45) is 0 Å². The van der Waals surface area contributed by atoms with Crippen molar-refractivity contribution in [1.82, 2.24) is 19.9 Å². The largest absolute Gasteiger partial charge is 0.464 e. The van der Waals surface area contributed by atoms with Gasteiger partial charge in [0, 0.05) is 46.3 Å². The molecule has 0 spiro atoms. The zero-order valence-electron chi connectivity index (χ0n) is 20.6. The number of aliphatic hydroxyl groups is 1. The highest BCUT2D eigenvalue weighted by Crippen LogP contribution is 2.29. The van der Waals surface area contributed by atoms with Crippen LogP contribution in [-0.2, 0) is 20.8 Å². The third-order valence-electron chi connectivity index (χ3n) is 4.53. The molecular formula is C23H24Br2N6O5S2.